The van der Waals surface area contributed by atoms with Crippen LogP contribution in [0.5, 0.6) is 0 Å². The minimum absolute atomic E-state index is 0.267. The number of hydrogen-bond acceptors (Lipinski definition) is 5. The van der Waals surface area contributed by atoms with Crippen LogP contribution in [0.1, 0.15) is 27.9 Å². The maximum atomic E-state index is 12.8. The van der Waals surface area contributed by atoms with Gasteiger partial charge in [0.2, 0.25) is 5.91 Å². The molecule has 2 aromatic carbocycles. The van der Waals surface area contributed by atoms with Gasteiger partial charge in [0.25, 0.3) is 5.91 Å². The van der Waals surface area contributed by atoms with Crippen LogP contribution >= 0.6 is 0 Å². The quantitative estimate of drug-likeness (QED) is 0.626. The lowest BCUT2D eigenvalue weighted by atomic mass is 10.1. The number of aryl methyl sites for hydroxylation is 1. The summed E-state index contributed by atoms with van der Waals surface area (Å²) in [5.74, 6) is -0.0283. The van der Waals surface area contributed by atoms with Crippen LogP contribution in [-0.2, 0) is 17.8 Å². The molecular formula is C26H28N4O2. The lowest BCUT2D eigenvalue weighted by molar-refractivity contribution is -0.120. The van der Waals surface area contributed by atoms with Crippen molar-refractivity contribution in [3.63, 3.8) is 0 Å². The zero-order valence-corrected chi connectivity index (χ0v) is 18.1. The molecule has 1 fully saturated rings. The van der Waals surface area contributed by atoms with E-state index in [2.05, 4.69) is 44.4 Å². The Morgan fingerprint density at radius 2 is 1.47 bits per heavy atom. The molecule has 0 aliphatic carbocycles. The van der Waals surface area contributed by atoms with Crippen molar-refractivity contribution in [2.45, 2.75) is 19.4 Å². The highest BCUT2D eigenvalue weighted by Crippen LogP contribution is 2.20. The number of rotatable bonds is 7. The van der Waals surface area contributed by atoms with E-state index in [0.717, 1.165) is 38.3 Å². The van der Waals surface area contributed by atoms with Crippen molar-refractivity contribution < 1.29 is 9.59 Å². The maximum Gasteiger partial charge on any atom is 0.261 e. The maximum absolute atomic E-state index is 12.8. The number of amides is 2. The van der Waals surface area contributed by atoms with E-state index in [1.165, 1.54) is 5.56 Å². The number of piperazine rings is 1. The number of aromatic nitrogens is 1. The molecule has 2 amide bonds. The average molecular weight is 429 g/mol. The molecule has 1 aliphatic rings. The van der Waals surface area contributed by atoms with Crippen LogP contribution in [0.3, 0.4) is 0 Å². The summed E-state index contributed by atoms with van der Waals surface area (Å²) in [4.78, 5) is 34.2. The number of carbonyl (C=O) groups is 2. The molecular weight excluding hydrogens is 400 g/mol. The van der Waals surface area contributed by atoms with E-state index < -0.39 is 5.91 Å². The summed E-state index contributed by atoms with van der Waals surface area (Å²) in [7, 11) is 0. The number of hydrogen-bond donors (Lipinski definition) is 1. The SMILES string of the molecule is O=C(CCc1ccccc1)NC(=O)c1cccnc1N1CCN(Cc2ccccc2)CC1. The Kier molecular flexibility index (Phi) is 7.25. The molecule has 4 rings (SSSR count). The summed E-state index contributed by atoms with van der Waals surface area (Å²) in [6, 6.07) is 23.7. The van der Waals surface area contributed by atoms with Gasteiger partial charge in [0, 0.05) is 45.3 Å². The molecule has 164 valence electrons. The van der Waals surface area contributed by atoms with Gasteiger partial charge in [-0.25, -0.2) is 4.98 Å². The number of carbonyl (C=O) groups excluding carboxylic acids is 2. The highest BCUT2D eigenvalue weighted by atomic mass is 16.2. The van der Waals surface area contributed by atoms with E-state index in [0.29, 0.717) is 17.8 Å². The summed E-state index contributed by atoms with van der Waals surface area (Å²) in [5.41, 5.74) is 2.82. The molecule has 3 aromatic rings. The van der Waals surface area contributed by atoms with Gasteiger partial charge in [0.15, 0.2) is 0 Å². The number of nitrogens with zero attached hydrogens (tertiary/aromatic N) is 3. The van der Waals surface area contributed by atoms with Crippen molar-refractivity contribution in [3.05, 3.63) is 95.7 Å². The first-order chi connectivity index (χ1) is 15.7. The lowest BCUT2D eigenvalue weighted by Gasteiger charge is -2.36. The van der Waals surface area contributed by atoms with E-state index in [-0.39, 0.29) is 12.3 Å². The van der Waals surface area contributed by atoms with Gasteiger partial charge in [-0.3, -0.25) is 19.8 Å². The van der Waals surface area contributed by atoms with Gasteiger partial charge in [-0.05, 0) is 29.7 Å². The van der Waals surface area contributed by atoms with Gasteiger partial charge in [0.1, 0.15) is 5.82 Å². The Morgan fingerprint density at radius 1 is 0.812 bits per heavy atom. The Morgan fingerprint density at radius 3 is 2.16 bits per heavy atom. The van der Waals surface area contributed by atoms with Crippen LogP contribution in [0.25, 0.3) is 0 Å². The fourth-order valence-electron chi connectivity index (χ4n) is 3.94. The van der Waals surface area contributed by atoms with Gasteiger partial charge in [-0.15, -0.1) is 0 Å². The van der Waals surface area contributed by atoms with Crippen molar-refractivity contribution in [2.24, 2.45) is 0 Å². The molecule has 0 radical (unpaired) electrons. The average Bonchev–Trinajstić information content (AvgIpc) is 2.84. The normalized spacial score (nSPS) is 14.2. The number of anilines is 1. The smallest absolute Gasteiger partial charge is 0.261 e. The first-order valence-electron chi connectivity index (χ1n) is 11.0. The van der Waals surface area contributed by atoms with Gasteiger partial charge in [0.05, 0.1) is 5.56 Å². The Balaban J connectivity index is 1.33. The molecule has 1 aliphatic heterocycles. The molecule has 2 heterocycles. The number of nitrogens with one attached hydrogen (secondary N) is 1. The molecule has 1 N–H and O–H groups in total. The molecule has 6 nitrogen and oxygen atoms in total. The monoisotopic (exact) mass is 428 g/mol. The molecule has 1 aromatic heterocycles. The fraction of sp³-hybridized carbons (Fsp3) is 0.269. The largest absolute Gasteiger partial charge is 0.353 e. The van der Waals surface area contributed by atoms with Gasteiger partial charge >= 0.3 is 0 Å². The Hall–Kier alpha value is -3.51. The third-order valence-corrected chi connectivity index (χ3v) is 5.69. The van der Waals surface area contributed by atoms with Crippen molar-refractivity contribution >= 4 is 17.6 Å². The van der Waals surface area contributed by atoms with Crippen LogP contribution in [0.15, 0.2) is 79.0 Å². The molecule has 1 saturated heterocycles. The topological polar surface area (TPSA) is 65.5 Å². The predicted molar refractivity (Wildman–Crippen MR) is 125 cm³/mol. The zero-order valence-electron chi connectivity index (χ0n) is 18.1. The lowest BCUT2D eigenvalue weighted by Crippen LogP contribution is -2.47. The molecule has 6 heteroatoms. The van der Waals surface area contributed by atoms with Gasteiger partial charge in [-0.2, -0.15) is 0 Å². The Bertz CT molecular complexity index is 1030. The van der Waals surface area contributed by atoms with Crippen molar-refractivity contribution in [1.29, 1.82) is 0 Å². The number of benzene rings is 2. The summed E-state index contributed by atoms with van der Waals surface area (Å²) >= 11 is 0. The van der Waals surface area contributed by atoms with Crippen LogP contribution in [0.2, 0.25) is 0 Å². The number of imide groups is 1. The van der Waals surface area contributed by atoms with Crippen LogP contribution in [-0.4, -0.2) is 47.9 Å². The summed E-state index contributed by atoms with van der Waals surface area (Å²) in [5, 5.41) is 2.53. The second kappa shape index (κ2) is 10.7. The van der Waals surface area contributed by atoms with E-state index in [4.69, 9.17) is 0 Å². The molecule has 0 atom stereocenters. The first-order valence-corrected chi connectivity index (χ1v) is 11.0. The zero-order chi connectivity index (χ0) is 22.2. The molecule has 0 spiro atoms. The van der Waals surface area contributed by atoms with E-state index in [1.54, 1.807) is 18.3 Å². The molecule has 0 unspecified atom stereocenters. The van der Waals surface area contributed by atoms with Crippen LogP contribution < -0.4 is 10.2 Å². The number of pyridine rings is 1. The molecule has 0 bridgehead atoms. The third kappa shape index (κ3) is 5.80. The highest BCUT2D eigenvalue weighted by molar-refractivity contribution is 6.07. The molecule has 0 saturated carbocycles. The second-order valence-electron chi connectivity index (χ2n) is 7.99. The van der Waals surface area contributed by atoms with E-state index >= 15 is 0 Å². The van der Waals surface area contributed by atoms with Crippen molar-refractivity contribution in [2.75, 3.05) is 31.1 Å². The molecule has 32 heavy (non-hydrogen) atoms. The third-order valence-electron chi connectivity index (χ3n) is 5.69. The highest BCUT2D eigenvalue weighted by Gasteiger charge is 2.23. The van der Waals surface area contributed by atoms with Gasteiger partial charge in [-0.1, -0.05) is 60.7 Å². The van der Waals surface area contributed by atoms with Crippen LogP contribution in [0, 0.1) is 0 Å². The summed E-state index contributed by atoms with van der Waals surface area (Å²) in [6.45, 7) is 4.27. The first kappa shape index (κ1) is 21.7. The van der Waals surface area contributed by atoms with Crippen molar-refractivity contribution in [3.8, 4) is 0 Å². The summed E-state index contributed by atoms with van der Waals surface area (Å²) in [6.07, 6.45) is 2.56. The minimum Gasteiger partial charge on any atom is -0.353 e. The van der Waals surface area contributed by atoms with Crippen LogP contribution in [0.4, 0.5) is 5.82 Å². The van der Waals surface area contributed by atoms with E-state index in [9.17, 15) is 9.59 Å². The van der Waals surface area contributed by atoms with Gasteiger partial charge < -0.3 is 4.90 Å². The van der Waals surface area contributed by atoms with Crippen molar-refractivity contribution in [1.82, 2.24) is 15.2 Å². The summed E-state index contributed by atoms with van der Waals surface area (Å²) < 4.78 is 0. The van der Waals surface area contributed by atoms with E-state index in [1.807, 2.05) is 36.4 Å². The Labute approximate surface area is 188 Å². The predicted octanol–water partition coefficient (Wildman–Crippen LogP) is 3.29. The standard InChI is InChI=1S/C26H28N4O2/c31-24(14-13-21-8-3-1-4-9-21)28-26(32)23-12-7-15-27-25(23)30-18-16-29(17-19-30)20-22-10-5-2-6-11-22/h1-12,15H,13-14,16-20H2,(H,28,31,32). The minimum atomic E-state index is -0.391. The second-order valence-corrected chi connectivity index (χ2v) is 7.99. The fourth-order valence-corrected chi connectivity index (χ4v) is 3.94.